The standard InChI is InChI=1S/C22H21N3O3S2/c1-13-24-20(12-29-13)16-3-2-15-8-18(10-17(15)9-16)22(26)25-7-6-14-4-5-19(11-21(14)25)30(23,27)28/h2-5,9,11-12,18H,6-8,10H2,1H3,(H2,23,27,28). The maximum absolute atomic E-state index is 13.3. The molecule has 30 heavy (non-hydrogen) atoms. The Morgan fingerprint density at radius 2 is 1.90 bits per heavy atom. The van der Waals surface area contributed by atoms with E-state index in [1.54, 1.807) is 22.3 Å². The van der Waals surface area contributed by atoms with Crippen molar-refractivity contribution < 1.29 is 13.2 Å². The molecule has 1 aliphatic carbocycles. The topological polar surface area (TPSA) is 93.4 Å². The zero-order chi connectivity index (χ0) is 21.0. The zero-order valence-corrected chi connectivity index (χ0v) is 18.1. The van der Waals surface area contributed by atoms with Gasteiger partial charge in [-0.2, -0.15) is 0 Å². The Morgan fingerprint density at radius 1 is 1.13 bits per heavy atom. The van der Waals surface area contributed by atoms with Crippen LogP contribution in [0.4, 0.5) is 5.69 Å². The second-order valence-electron chi connectivity index (χ2n) is 7.92. The van der Waals surface area contributed by atoms with Gasteiger partial charge in [-0.1, -0.05) is 18.2 Å². The number of rotatable bonds is 3. The summed E-state index contributed by atoms with van der Waals surface area (Å²) in [6.07, 6.45) is 2.11. The number of carbonyl (C=O) groups is 1. The molecule has 8 heteroatoms. The van der Waals surface area contributed by atoms with Gasteiger partial charge in [-0.15, -0.1) is 11.3 Å². The van der Waals surface area contributed by atoms with Crippen molar-refractivity contribution in [1.29, 1.82) is 0 Å². The molecule has 3 aromatic rings. The highest BCUT2D eigenvalue weighted by Crippen LogP contribution is 2.36. The molecule has 5 rings (SSSR count). The number of hydrogen-bond acceptors (Lipinski definition) is 5. The van der Waals surface area contributed by atoms with Crippen molar-refractivity contribution in [2.24, 2.45) is 11.1 Å². The summed E-state index contributed by atoms with van der Waals surface area (Å²) in [5.74, 6) is -0.0981. The lowest BCUT2D eigenvalue weighted by Crippen LogP contribution is -2.35. The Balaban J connectivity index is 1.39. The molecule has 1 aromatic heterocycles. The molecule has 2 aromatic carbocycles. The molecule has 1 unspecified atom stereocenters. The first kappa shape index (κ1) is 19.4. The Morgan fingerprint density at radius 3 is 2.63 bits per heavy atom. The third-order valence-electron chi connectivity index (χ3n) is 5.95. The Labute approximate surface area is 179 Å². The number of anilines is 1. The van der Waals surface area contributed by atoms with Crippen molar-refractivity contribution in [2.45, 2.75) is 31.1 Å². The number of hydrogen-bond donors (Lipinski definition) is 1. The van der Waals surface area contributed by atoms with Crippen molar-refractivity contribution in [1.82, 2.24) is 4.98 Å². The maximum atomic E-state index is 13.3. The van der Waals surface area contributed by atoms with E-state index in [9.17, 15) is 13.2 Å². The van der Waals surface area contributed by atoms with Crippen LogP contribution in [0.5, 0.6) is 0 Å². The van der Waals surface area contributed by atoms with Crippen LogP contribution < -0.4 is 10.0 Å². The van der Waals surface area contributed by atoms with Gasteiger partial charge in [-0.05, 0) is 61.1 Å². The second-order valence-corrected chi connectivity index (χ2v) is 10.5. The second kappa shape index (κ2) is 7.01. The van der Waals surface area contributed by atoms with E-state index in [-0.39, 0.29) is 16.7 Å². The van der Waals surface area contributed by atoms with Gasteiger partial charge in [0.25, 0.3) is 0 Å². The SMILES string of the molecule is Cc1nc(-c2ccc3c(c2)CC(C(=O)N2CCc4ccc(S(N)(=O)=O)cc42)C3)cs1. The van der Waals surface area contributed by atoms with E-state index in [2.05, 4.69) is 28.6 Å². The first-order valence-corrected chi connectivity index (χ1v) is 12.2. The fourth-order valence-corrected chi connectivity index (χ4v) is 5.59. The van der Waals surface area contributed by atoms with E-state index in [4.69, 9.17) is 5.14 Å². The number of aromatic nitrogens is 1. The molecule has 1 atom stereocenters. The summed E-state index contributed by atoms with van der Waals surface area (Å²) in [6, 6.07) is 11.1. The first-order valence-electron chi connectivity index (χ1n) is 9.81. The molecule has 0 saturated heterocycles. The molecular weight excluding hydrogens is 418 g/mol. The van der Waals surface area contributed by atoms with Gasteiger partial charge in [0.1, 0.15) is 0 Å². The number of thiazole rings is 1. The molecule has 2 heterocycles. The summed E-state index contributed by atoms with van der Waals surface area (Å²) in [5, 5.41) is 8.37. The van der Waals surface area contributed by atoms with Crippen LogP contribution in [-0.4, -0.2) is 25.9 Å². The van der Waals surface area contributed by atoms with Crippen LogP contribution in [0.15, 0.2) is 46.7 Å². The minimum Gasteiger partial charge on any atom is -0.312 e. The average molecular weight is 440 g/mol. The molecule has 6 nitrogen and oxygen atoms in total. The summed E-state index contributed by atoms with van der Waals surface area (Å²) in [7, 11) is -3.81. The van der Waals surface area contributed by atoms with Gasteiger partial charge in [0.05, 0.1) is 15.6 Å². The van der Waals surface area contributed by atoms with Gasteiger partial charge in [0, 0.05) is 29.1 Å². The van der Waals surface area contributed by atoms with Crippen molar-refractivity contribution in [2.75, 3.05) is 11.4 Å². The molecule has 2 aliphatic rings. The molecule has 2 N–H and O–H groups in total. The van der Waals surface area contributed by atoms with Crippen LogP contribution in [0.2, 0.25) is 0 Å². The van der Waals surface area contributed by atoms with Crippen molar-refractivity contribution in [3.63, 3.8) is 0 Å². The fourth-order valence-electron chi connectivity index (χ4n) is 4.43. The third-order valence-corrected chi connectivity index (χ3v) is 7.63. The van der Waals surface area contributed by atoms with E-state index >= 15 is 0 Å². The lowest BCUT2D eigenvalue weighted by Gasteiger charge is -2.21. The predicted molar refractivity (Wildman–Crippen MR) is 117 cm³/mol. The van der Waals surface area contributed by atoms with Crippen LogP contribution in [0, 0.1) is 12.8 Å². The van der Waals surface area contributed by atoms with Crippen molar-refractivity contribution in [3.8, 4) is 11.3 Å². The predicted octanol–water partition coefficient (Wildman–Crippen LogP) is 3.07. The summed E-state index contributed by atoms with van der Waals surface area (Å²) in [4.78, 5) is 19.7. The highest BCUT2D eigenvalue weighted by atomic mass is 32.2. The van der Waals surface area contributed by atoms with Gasteiger partial charge in [0.2, 0.25) is 15.9 Å². The largest absolute Gasteiger partial charge is 0.312 e. The van der Waals surface area contributed by atoms with Gasteiger partial charge < -0.3 is 4.90 Å². The smallest absolute Gasteiger partial charge is 0.238 e. The van der Waals surface area contributed by atoms with Crippen molar-refractivity contribution >= 4 is 33.0 Å². The molecule has 0 spiro atoms. The lowest BCUT2D eigenvalue weighted by atomic mass is 10.0. The fraction of sp³-hybridized carbons (Fsp3) is 0.273. The summed E-state index contributed by atoms with van der Waals surface area (Å²) < 4.78 is 23.5. The van der Waals surface area contributed by atoms with Gasteiger partial charge >= 0.3 is 0 Å². The quantitative estimate of drug-likeness (QED) is 0.679. The highest BCUT2D eigenvalue weighted by Gasteiger charge is 2.34. The monoisotopic (exact) mass is 439 g/mol. The van der Waals surface area contributed by atoms with Crippen LogP contribution in [-0.2, 0) is 34.1 Å². The normalized spacial score (nSPS) is 17.8. The molecule has 0 saturated carbocycles. The Hall–Kier alpha value is -2.55. The molecular formula is C22H21N3O3S2. The maximum Gasteiger partial charge on any atom is 0.238 e. The molecule has 0 fully saturated rings. The lowest BCUT2D eigenvalue weighted by molar-refractivity contribution is -0.122. The Bertz CT molecular complexity index is 1280. The van der Waals surface area contributed by atoms with Crippen LogP contribution in [0.25, 0.3) is 11.3 Å². The van der Waals surface area contributed by atoms with E-state index in [0.29, 0.717) is 25.1 Å². The molecule has 1 aliphatic heterocycles. The van der Waals surface area contributed by atoms with Crippen molar-refractivity contribution in [3.05, 3.63) is 63.5 Å². The Kier molecular flexibility index (Phi) is 4.53. The molecule has 0 bridgehead atoms. The number of benzene rings is 2. The van der Waals surface area contributed by atoms with E-state index in [1.165, 1.54) is 23.3 Å². The third kappa shape index (κ3) is 3.34. The molecule has 154 valence electrons. The van der Waals surface area contributed by atoms with Gasteiger partial charge in [-0.25, -0.2) is 18.5 Å². The number of carbonyl (C=O) groups excluding carboxylic acids is 1. The van der Waals surface area contributed by atoms with Crippen LogP contribution >= 0.6 is 11.3 Å². The summed E-state index contributed by atoms with van der Waals surface area (Å²) in [5.41, 5.74) is 6.08. The highest BCUT2D eigenvalue weighted by molar-refractivity contribution is 7.89. The summed E-state index contributed by atoms with van der Waals surface area (Å²) >= 11 is 1.63. The number of aryl methyl sites for hydroxylation is 1. The number of amides is 1. The molecule has 0 radical (unpaired) electrons. The number of fused-ring (bicyclic) bond motifs is 2. The minimum atomic E-state index is -3.81. The summed E-state index contributed by atoms with van der Waals surface area (Å²) in [6.45, 7) is 2.56. The number of nitrogens with zero attached hydrogens (tertiary/aromatic N) is 2. The van der Waals surface area contributed by atoms with Gasteiger partial charge in [-0.3, -0.25) is 4.79 Å². The number of nitrogens with two attached hydrogens (primary N) is 1. The number of sulfonamides is 1. The molecule has 1 amide bonds. The average Bonchev–Trinajstić information content (AvgIpc) is 3.43. The first-order chi connectivity index (χ1) is 14.3. The van der Waals surface area contributed by atoms with Crippen LogP contribution in [0.3, 0.4) is 0 Å². The van der Waals surface area contributed by atoms with E-state index < -0.39 is 10.0 Å². The minimum absolute atomic E-state index is 0.0406. The van der Waals surface area contributed by atoms with E-state index in [1.807, 2.05) is 6.92 Å². The van der Waals surface area contributed by atoms with Gasteiger partial charge in [0.15, 0.2) is 0 Å². The van der Waals surface area contributed by atoms with E-state index in [0.717, 1.165) is 28.2 Å². The number of primary sulfonamides is 1. The van der Waals surface area contributed by atoms with Crippen LogP contribution in [0.1, 0.15) is 21.7 Å². The zero-order valence-electron chi connectivity index (χ0n) is 16.5.